The highest BCUT2D eigenvalue weighted by Gasteiger charge is 2.18. The van der Waals surface area contributed by atoms with E-state index in [1.54, 1.807) is 62.8 Å². The molecule has 0 saturated heterocycles. The van der Waals surface area contributed by atoms with Gasteiger partial charge in [0.1, 0.15) is 11.5 Å². The first-order valence-electron chi connectivity index (χ1n) is 9.69. The molecule has 0 aliphatic carbocycles. The maximum Gasteiger partial charge on any atom is 0.258 e. The lowest BCUT2D eigenvalue weighted by Gasteiger charge is -2.10. The molecule has 0 radical (unpaired) electrons. The zero-order valence-corrected chi connectivity index (χ0v) is 17.4. The number of benzene rings is 3. The number of nitriles is 1. The maximum atomic E-state index is 13.0. The van der Waals surface area contributed by atoms with Gasteiger partial charge in [-0.1, -0.05) is 36.4 Å². The summed E-state index contributed by atoms with van der Waals surface area (Å²) in [5.74, 6) is 1.36. The first-order valence-corrected chi connectivity index (χ1v) is 9.69. The van der Waals surface area contributed by atoms with E-state index in [9.17, 15) is 10.1 Å². The summed E-state index contributed by atoms with van der Waals surface area (Å²) in [5.41, 5.74) is 2.89. The number of amides is 1. The topological polar surface area (TPSA) is 113 Å². The normalized spacial score (nSPS) is 10.3. The average molecular weight is 425 g/mol. The number of methoxy groups -OCH3 is 2. The Labute approximate surface area is 184 Å². The zero-order valence-electron chi connectivity index (χ0n) is 17.4. The molecule has 4 aromatic rings. The van der Waals surface area contributed by atoms with E-state index < -0.39 is 0 Å². The second kappa shape index (κ2) is 9.02. The zero-order chi connectivity index (χ0) is 22.5. The van der Waals surface area contributed by atoms with Crippen LogP contribution in [0.4, 0.5) is 5.95 Å². The van der Waals surface area contributed by atoms with Gasteiger partial charge in [-0.15, -0.1) is 5.10 Å². The Bertz CT molecular complexity index is 1320. The molecular weight excluding hydrogens is 406 g/mol. The van der Waals surface area contributed by atoms with Crippen molar-refractivity contribution in [2.75, 3.05) is 19.5 Å². The molecule has 4 rings (SSSR count). The second-order valence-corrected chi connectivity index (χ2v) is 6.73. The van der Waals surface area contributed by atoms with Crippen LogP contribution in [0, 0.1) is 11.3 Å². The molecule has 3 aromatic carbocycles. The second-order valence-electron chi connectivity index (χ2n) is 6.73. The van der Waals surface area contributed by atoms with Crippen molar-refractivity contribution >= 4 is 11.9 Å². The molecule has 32 heavy (non-hydrogen) atoms. The first kappa shape index (κ1) is 20.6. The van der Waals surface area contributed by atoms with Crippen molar-refractivity contribution in [2.24, 2.45) is 0 Å². The van der Waals surface area contributed by atoms with Gasteiger partial charge in [0.15, 0.2) is 5.82 Å². The number of rotatable bonds is 6. The number of nitrogens with zero attached hydrogens (tertiary/aromatic N) is 3. The third-order valence-corrected chi connectivity index (χ3v) is 4.88. The van der Waals surface area contributed by atoms with Crippen LogP contribution in [0.15, 0.2) is 66.7 Å². The Balaban J connectivity index is 1.63. The van der Waals surface area contributed by atoms with Gasteiger partial charge in [-0.05, 0) is 29.8 Å². The van der Waals surface area contributed by atoms with Gasteiger partial charge in [-0.25, -0.2) is 0 Å². The minimum atomic E-state index is -0.388. The maximum absolute atomic E-state index is 13.0. The molecule has 8 heteroatoms. The lowest BCUT2D eigenvalue weighted by molar-refractivity contribution is 0.102. The van der Waals surface area contributed by atoms with Crippen molar-refractivity contribution in [3.8, 4) is 40.1 Å². The van der Waals surface area contributed by atoms with Crippen molar-refractivity contribution in [1.29, 1.82) is 5.26 Å². The largest absolute Gasteiger partial charge is 0.497 e. The van der Waals surface area contributed by atoms with E-state index in [1.807, 2.05) is 18.2 Å². The van der Waals surface area contributed by atoms with E-state index in [-0.39, 0.29) is 11.9 Å². The minimum Gasteiger partial charge on any atom is -0.497 e. The number of hydrogen-bond acceptors (Lipinski definition) is 6. The summed E-state index contributed by atoms with van der Waals surface area (Å²) in [7, 11) is 3.12. The molecule has 0 aliphatic heterocycles. The van der Waals surface area contributed by atoms with Crippen LogP contribution in [-0.4, -0.2) is 35.3 Å². The summed E-state index contributed by atoms with van der Waals surface area (Å²) in [5, 5.41) is 19.1. The van der Waals surface area contributed by atoms with Gasteiger partial charge in [-0.3, -0.25) is 15.2 Å². The standard InChI is InChI=1S/C24H19N5O3/c1-31-16-11-12-20(21(13-16)32-2)22-26-24(29-28-22)27-23(30)19-10-6-5-9-18(19)17-8-4-3-7-15(17)14-25/h3-13H,1-2H3,(H2,26,27,28,29,30). The van der Waals surface area contributed by atoms with E-state index in [4.69, 9.17) is 9.47 Å². The van der Waals surface area contributed by atoms with Crippen LogP contribution in [0.25, 0.3) is 22.5 Å². The van der Waals surface area contributed by atoms with Crippen molar-refractivity contribution in [3.63, 3.8) is 0 Å². The molecule has 0 spiro atoms. The number of nitrogens with one attached hydrogen (secondary N) is 2. The smallest absolute Gasteiger partial charge is 0.258 e. The highest BCUT2D eigenvalue weighted by Crippen LogP contribution is 2.32. The summed E-state index contributed by atoms with van der Waals surface area (Å²) in [6.07, 6.45) is 0. The van der Waals surface area contributed by atoms with Crippen LogP contribution in [0.3, 0.4) is 0 Å². The van der Waals surface area contributed by atoms with Gasteiger partial charge in [0, 0.05) is 17.2 Å². The quantitative estimate of drug-likeness (QED) is 0.477. The van der Waals surface area contributed by atoms with E-state index in [0.29, 0.717) is 45.1 Å². The predicted octanol–water partition coefficient (Wildman–Crippen LogP) is 4.28. The Hall–Kier alpha value is -4.64. The molecular formula is C24H19N5O3. The highest BCUT2D eigenvalue weighted by atomic mass is 16.5. The van der Waals surface area contributed by atoms with E-state index in [1.165, 1.54) is 0 Å². The lowest BCUT2D eigenvalue weighted by Crippen LogP contribution is -2.14. The van der Waals surface area contributed by atoms with Crippen LogP contribution in [0.2, 0.25) is 0 Å². The molecule has 2 N–H and O–H groups in total. The van der Waals surface area contributed by atoms with Crippen LogP contribution >= 0.6 is 0 Å². The number of carbonyl (C=O) groups is 1. The molecule has 0 aliphatic rings. The predicted molar refractivity (Wildman–Crippen MR) is 119 cm³/mol. The number of anilines is 1. The third-order valence-electron chi connectivity index (χ3n) is 4.88. The summed E-state index contributed by atoms with van der Waals surface area (Å²) in [6.45, 7) is 0. The Morgan fingerprint density at radius 3 is 2.47 bits per heavy atom. The van der Waals surface area contributed by atoms with Crippen molar-refractivity contribution in [3.05, 3.63) is 77.9 Å². The molecule has 0 unspecified atom stereocenters. The highest BCUT2D eigenvalue weighted by molar-refractivity contribution is 6.08. The lowest BCUT2D eigenvalue weighted by atomic mass is 9.95. The fourth-order valence-corrected chi connectivity index (χ4v) is 3.33. The van der Waals surface area contributed by atoms with Gasteiger partial charge < -0.3 is 9.47 Å². The van der Waals surface area contributed by atoms with Gasteiger partial charge in [0.2, 0.25) is 5.95 Å². The minimum absolute atomic E-state index is 0.117. The third kappa shape index (κ3) is 4.00. The number of ether oxygens (including phenoxy) is 2. The fourth-order valence-electron chi connectivity index (χ4n) is 3.33. The summed E-state index contributed by atoms with van der Waals surface area (Å²) < 4.78 is 10.6. The average Bonchev–Trinajstić information content (AvgIpc) is 3.31. The molecule has 1 amide bonds. The van der Waals surface area contributed by atoms with E-state index >= 15 is 0 Å². The Kier molecular flexibility index (Phi) is 5.81. The van der Waals surface area contributed by atoms with Crippen LogP contribution in [0.1, 0.15) is 15.9 Å². The molecule has 0 bridgehead atoms. The summed E-state index contributed by atoms with van der Waals surface area (Å²) in [4.78, 5) is 17.4. The van der Waals surface area contributed by atoms with Crippen molar-refractivity contribution in [2.45, 2.75) is 0 Å². The summed E-state index contributed by atoms with van der Waals surface area (Å²) >= 11 is 0. The number of aromatic nitrogens is 3. The Morgan fingerprint density at radius 1 is 0.969 bits per heavy atom. The molecule has 0 atom stereocenters. The number of H-pyrrole nitrogens is 1. The Morgan fingerprint density at radius 2 is 1.72 bits per heavy atom. The SMILES string of the molecule is COc1ccc(-c2nc(NC(=O)c3ccccc3-c3ccccc3C#N)n[nH]2)c(OC)c1. The molecule has 1 aromatic heterocycles. The van der Waals surface area contributed by atoms with E-state index in [0.717, 1.165) is 0 Å². The molecule has 158 valence electrons. The van der Waals surface area contributed by atoms with Crippen molar-refractivity contribution in [1.82, 2.24) is 15.2 Å². The van der Waals surface area contributed by atoms with Gasteiger partial charge in [0.05, 0.1) is 31.4 Å². The van der Waals surface area contributed by atoms with Crippen LogP contribution in [-0.2, 0) is 0 Å². The van der Waals surface area contributed by atoms with Gasteiger partial charge in [-0.2, -0.15) is 10.2 Å². The molecule has 0 fully saturated rings. The number of hydrogen-bond donors (Lipinski definition) is 2. The van der Waals surface area contributed by atoms with Crippen LogP contribution in [0.5, 0.6) is 11.5 Å². The number of carbonyl (C=O) groups excluding carboxylic acids is 1. The van der Waals surface area contributed by atoms with Gasteiger partial charge in [0.25, 0.3) is 5.91 Å². The van der Waals surface area contributed by atoms with Crippen molar-refractivity contribution < 1.29 is 14.3 Å². The van der Waals surface area contributed by atoms with Crippen LogP contribution < -0.4 is 14.8 Å². The monoisotopic (exact) mass is 425 g/mol. The molecule has 1 heterocycles. The fraction of sp³-hybridized carbons (Fsp3) is 0.0833. The molecule has 8 nitrogen and oxygen atoms in total. The van der Waals surface area contributed by atoms with Gasteiger partial charge >= 0.3 is 0 Å². The first-order chi connectivity index (χ1) is 15.6. The summed E-state index contributed by atoms with van der Waals surface area (Å²) in [6, 6.07) is 21.7. The molecule has 0 saturated carbocycles. The van der Waals surface area contributed by atoms with E-state index in [2.05, 4.69) is 26.6 Å². The number of aromatic amines is 1.